The molecule has 1 aliphatic rings. The summed E-state index contributed by atoms with van der Waals surface area (Å²) in [5.74, 6) is -0.566. The third-order valence-electron chi connectivity index (χ3n) is 3.96. The number of benzene rings is 1. The van der Waals surface area contributed by atoms with Gasteiger partial charge in [-0.1, -0.05) is 18.6 Å². The van der Waals surface area contributed by atoms with E-state index in [4.69, 9.17) is 9.84 Å². The molecule has 1 aromatic carbocycles. The van der Waals surface area contributed by atoms with Crippen molar-refractivity contribution in [1.82, 2.24) is 4.90 Å². The minimum atomic E-state index is -0.769. The van der Waals surface area contributed by atoms with Crippen LogP contribution in [0, 0.1) is 12.8 Å². The highest BCUT2D eigenvalue weighted by molar-refractivity contribution is 5.97. The molecule has 0 aliphatic carbocycles. The van der Waals surface area contributed by atoms with Gasteiger partial charge in [0.15, 0.2) is 0 Å². The minimum absolute atomic E-state index is 0.0707. The number of carbonyl (C=O) groups excluding carboxylic acids is 1. The topological polar surface area (TPSA) is 66.8 Å². The molecular formula is C17H23NO4. The molecule has 5 heteroatoms. The van der Waals surface area contributed by atoms with Gasteiger partial charge in [-0.15, -0.1) is 0 Å². The Hall–Kier alpha value is -2.04. The molecule has 0 bridgehead atoms. The van der Waals surface area contributed by atoms with Crippen molar-refractivity contribution in [1.29, 1.82) is 0 Å². The Kier molecular flexibility index (Phi) is 5.41. The molecule has 2 rings (SSSR count). The molecule has 1 amide bonds. The summed E-state index contributed by atoms with van der Waals surface area (Å²) in [6.45, 7) is 5.50. The van der Waals surface area contributed by atoms with Gasteiger partial charge >= 0.3 is 5.97 Å². The highest BCUT2D eigenvalue weighted by Crippen LogP contribution is 2.25. The van der Waals surface area contributed by atoms with Gasteiger partial charge in [0.05, 0.1) is 18.1 Å². The van der Waals surface area contributed by atoms with E-state index in [1.165, 1.54) is 0 Å². The Balaban J connectivity index is 2.12. The van der Waals surface area contributed by atoms with Crippen LogP contribution in [0.2, 0.25) is 0 Å². The lowest BCUT2D eigenvalue weighted by molar-refractivity contribution is -0.143. The quantitative estimate of drug-likeness (QED) is 0.908. The van der Waals surface area contributed by atoms with Gasteiger partial charge in [0, 0.05) is 13.1 Å². The molecule has 1 aliphatic heterocycles. The SMILES string of the molecule is CCCOc1ccc(C)cc1C(=O)N1CCC(C(=O)O)CC1. The largest absolute Gasteiger partial charge is 0.493 e. The first kappa shape index (κ1) is 16.3. The van der Waals surface area contributed by atoms with Crippen LogP contribution in [0.25, 0.3) is 0 Å². The fourth-order valence-electron chi connectivity index (χ4n) is 2.65. The fraction of sp³-hybridized carbons (Fsp3) is 0.529. The molecule has 1 N–H and O–H groups in total. The third-order valence-corrected chi connectivity index (χ3v) is 3.96. The highest BCUT2D eigenvalue weighted by Gasteiger charge is 2.28. The number of likely N-dealkylation sites (tertiary alicyclic amines) is 1. The van der Waals surface area contributed by atoms with E-state index in [2.05, 4.69) is 0 Å². The fourth-order valence-corrected chi connectivity index (χ4v) is 2.65. The maximum atomic E-state index is 12.7. The summed E-state index contributed by atoms with van der Waals surface area (Å²) in [4.78, 5) is 25.4. The normalized spacial score (nSPS) is 15.6. The Labute approximate surface area is 130 Å². The molecule has 5 nitrogen and oxygen atoms in total. The van der Waals surface area contributed by atoms with Crippen molar-refractivity contribution >= 4 is 11.9 Å². The van der Waals surface area contributed by atoms with Gasteiger partial charge in [-0.3, -0.25) is 9.59 Å². The van der Waals surface area contributed by atoms with Crippen LogP contribution in [0.3, 0.4) is 0 Å². The van der Waals surface area contributed by atoms with E-state index in [-0.39, 0.29) is 11.8 Å². The van der Waals surface area contributed by atoms with Crippen molar-refractivity contribution < 1.29 is 19.4 Å². The second-order valence-electron chi connectivity index (χ2n) is 5.75. The summed E-state index contributed by atoms with van der Waals surface area (Å²) in [7, 11) is 0. The molecule has 1 aromatic rings. The molecule has 120 valence electrons. The zero-order chi connectivity index (χ0) is 16.1. The van der Waals surface area contributed by atoms with E-state index in [0.717, 1.165) is 12.0 Å². The predicted octanol–water partition coefficient (Wildman–Crippen LogP) is 2.72. The second kappa shape index (κ2) is 7.29. The van der Waals surface area contributed by atoms with Gasteiger partial charge < -0.3 is 14.7 Å². The molecule has 1 fully saturated rings. The van der Waals surface area contributed by atoms with Gasteiger partial charge in [-0.25, -0.2) is 0 Å². The van der Waals surface area contributed by atoms with Crippen LogP contribution in [0.1, 0.15) is 42.1 Å². The van der Waals surface area contributed by atoms with Gasteiger partial charge in [0.2, 0.25) is 0 Å². The lowest BCUT2D eigenvalue weighted by Crippen LogP contribution is -2.40. The molecular weight excluding hydrogens is 282 g/mol. The number of hydrogen-bond acceptors (Lipinski definition) is 3. The number of amides is 1. The van der Waals surface area contributed by atoms with Crippen molar-refractivity contribution in [3.05, 3.63) is 29.3 Å². The summed E-state index contributed by atoms with van der Waals surface area (Å²) in [5.41, 5.74) is 1.58. The summed E-state index contributed by atoms with van der Waals surface area (Å²) >= 11 is 0. The number of hydrogen-bond donors (Lipinski definition) is 1. The molecule has 22 heavy (non-hydrogen) atoms. The smallest absolute Gasteiger partial charge is 0.306 e. The number of rotatable bonds is 5. The van der Waals surface area contributed by atoms with Gasteiger partial charge in [0.25, 0.3) is 5.91 Å². The lowest BCUT2D eigenvalue weighted by Gasteiger charge is -2.30. The number of nitrogens with zero attached hydrogens (tertiary/aromatic N) is 1. The number of carboxylic acid groups (broad SMARTS) is 1. The van der Waals surface area contributed by atoms with Crippen LogP contribution in [-0.2, 0) is 4.79 Å². The Morgan fingerprint density at radius 1 is 1.32 bits per heavy atom. The second-order valence-corrected chi connectivity index (χ2v) is 5.75. The lowest BCUT2D eigenvalue weighted by atomic mass is 9.96. The summed E-state index contributed by atoms with van der Waals surface area (Å²) in [6.07, 6.45) is 1.90. The average molecular weight is 305 g/mol. The van der Waals surface area contributed by atoms with E-state index in [0.29, 0.717) is 43.9 Å². The number of carbonyl (C=O) groups is 2. The first-order valence-corrected chi connectivity index (χ1v) is 7.78. The molecule has 1 saturated heterocycles. The molecule has 0 spiro atoms. The number of carboxylic acids is 1. The van der Waals surface area contributed by atoms with Crippen LogP contribution in [0.15, 0.2) is 18.2 Å². The Bertz CT molecular complexity index is 548. The number of piperidine rings is 1. The number of ether oxygens (including phenoxy) is 1. The van der Waals surface area contributed by atoms with Crippen molar-refractivity contribution in [2.75, 3.05) is 19.7 Å². The van der Waals surface area contributed by atoms with Gasteiger partial charge in [-0.05, 0) is 38.3 Å². The van der Waals surface area contributed by atoms with Crippen molar-refractivity contribution in [2.45, 2.75) is 33.1 Å². The van der Waals surface area contributed by atoms with Gasteiger partial charge in [0.1, 0.15) is 5.75 Å². The summed E-state index contributed by atoms with van der Waals surface area (Å²) in [6, 6.07) is 5.61. The first-order valence-electron chi connectivity index (χ1n) is 7.78. The number of aryl methyl sites for hydroxylation is 1. The van der Waals surface area contributed by atoms with Crippen LogP contribution in [0.4, 0.5) is 0 Å². The summed E-state index contributed by atoms with van der Waals surface area (Å²) in [5, 5.41) is 9.03. The van der Waals surface area contributed by atoms with Gasteiger partial charge in [-0.2, -0.15) is 0 Å². The average Bonchev–Trinajstić information content (AvgIpc) is 2.53. The zero-order valence-electron chi connectivity index (χ0n) is 13.2. The van der Waals surface area contributed by atoms with Crippen LogP contribution in [0.5, 0.6) is 5.75 Å². The molecule has 0 atom stereocenters. The van der Waals surface area contributed by atoms with E-state index in [9.17, 15) is 9.59 Å². The van der Waals surface area contributed by atoms with E-state index in [1.54, 1.807) is 4.90 Å². The van der Waals surface area contributed by atoms with Crippen molar-refractivity contribution in [2.24, 2.45) is 5.92 Å². The van der Waals surface area contributed by atoms with Crippen molar-refractivity contribution in [3.8, 4) is 5.75 Å². The maximum absolute atomic E-state index is 12.7. The first-order chi connectivity index (χ1) is 10.5. The van der Waals surface area contributed by atoms with Crippen LogP contribution < -0.4 is 4.74 Å². The van der Waals surface area contributed by atoms with E-state index < -0.39 is 5.97 Å². The van der Waals surface area contributed by atoms with Crippen molar-refractivity contribution in [3.63, 3.8) is 0 Å². The molecule has 0 saturated carbocycles. The number of aliphatic carboxylic acids is 1. The third kappa shape index (κ3) is 3.78. The Morgan fingerprint density at radius 2 is 2.00 bits per heavy atom. The van der Waals surface area contributed by atoms with Crippen LogP contribution >= 0.6 is 0 Å². The van der Waals surface area contributed by atoms with E-state index in [1.807, 2.05) is 32.0 Å². The van der Waals surface area contributed by atoms with E-state index >= 15 is 0 Å². The van der Waals surface area contributed by atoms with Crippen LogP contribution in [-0.4, -0.2) is 41.6 Å². The minimum Gasteiger partial charge on any atom is -0.493 e. The molecule has 1 heterocycles. The zero-order valence-corrected chi connectivity index (χ0v) is 13.2. The standard InChI is InChI=1S/C17H23NO4/c1-3-10-22-15-5-4-12(2)11-14(15)16(19)18-8-6-13(7-9-18)17(20)21/h4-5,11,13H,3,6-10H2,1-2H3,(H,20,21). The monoisotopic (exact) mass is 305 g/mol. The summed E-state index contributed by atoms with van der Waals surface area (Å²) < 4.78 is 5.67. The maximum Gasteiger partial charge on any atom is 0.306 e. The highest BCUT2D eigenvalue weighted by atomic mass is 16.5. The molecule has 0 aromatic heterocycles. The Morgan fingerprint density at radius 3 is 2.59 bits per heavy atom. The molecule has 0 unspecified atom stereocenters. The predicted molar refractivity (Wildman–Crippen MR) is 83.2 cm³/mol. The molecule has 0 radical (unpaired) electrons.